The van der Waals surface area contributed by atoms with Crippen LogP contribution in [0.1, 0.15) is 26.2 Å². The number of aliphatic hydroxyl groups excluding tert-OH is 1. The number of aliphatic hydroxyl groups is 1. The van der Waals surface area contributed by atoms with Crippen LogP contribution in [-0.2, 0) is 9.47 Å². The van der Waals surface area contributed by atoms with Gasteiger partial charge in [-0.3, -0.25) is 0 Å². The van der Waals surface area contributed by atoms with Gasteiger partial charge in [0.2, 0.25) is 0 Å². The van der Waals surface area contributed by atoms with Crippen molar-refractivity contribution in [2.45, 2.75) is 50.6 Å². The fourth-order valence-corrected chi connectivity index (χ4v) is 1.81. The SMILES string of the molecule is CCCC[C@@H]1OC[C@@H](O)[C@H]2O[C@H]21. The smallest absolute Gasteiger partial charge is 0.115 e. The molecule has 0 amide bonds. The zero-order chi connectivity index (χ0) is 8.55. The Hall–Kier alpha value is -0.120. The van der Waals surface area contributed by atoms with Gasteiger partial charge in [-0.05, 0) is 6.42 Å². The Morgan fingerprint density at radius 3 is 3.00 bits per heavy atom. The maximum Gasteiger partial charge on any atom is 0.115 e. The third-order valence-electron chi connectivity index (χ3n) is 2.63. The Bertz CT molecular complexity index is 158. The van der Waals surface area contributed by atoms with E-state index in [1.165, 1.54) is 12.8 Å². The molecule has 0 bridgehead atoms. The molecule has 12 heavy (non-hydrogen) atoms. The molecule has 0 spiro atoms. The molecule has 0 radical (unpaired) electrons. The topological polar surface area (TPSA) is 42.0 Å². The molecule has 0 aromatic carbocycles. The van der Waals surface area contributed by atoms with Crippen LogP contribution in [0.15, 0.2) is 0 Å². The quantitative estimate of drug-likeness (QED) is 0.637. The number of hydrogen-bond donors (Lipinski definition) is 1. The standard InChI is InChI=1S/C9H16O3/c1-2-3-4-7-9-8(12-9)6(10)5-11-7/h6-10H,2-5H2,1H3/t6-,7+,8-,9+/m1/s1. The van der Waals surface area contributed by atoms with Gasteiger partial charge < -0.3 is 14.6 Å². The van der Waals surface area contributed by atoms with Gasteiger partial charge in [0.15, 0.2) is 0 Å². The van der Waals surface area contributed by atoms with Crippen LogP contribution in [0.2, 0.25) is 0 Å². The Labute approximate surface area is 72.7 Å². The van der Waals surface area contributed by atoms with Gasteiger partial charge in [0.05, 0.1) is 12.7 Å². The van der Waals surface area contributed by atoms with Crippen molar-refractivity contribution in [1.29, 1.82) is 0 Å². The second-order valence-electron chi connectivity index (χ2n) is 3.65. The van der Waals surface area contributed by atoms with Crippen LogP contribution in [0.4, 0.5) is 0 Å². The lowest BCUT2D eigenvalue weighted by Gasteiger charge is -2.22. The number of unbranched alkanes of at least 4 members (excludes halogenated alkanes) is 1. The molecule has 0 aromatic rings. The summed E-state index contributed by atoms with van der Waals surface area (Å²) in [5.41, 5.74) is 0. The van der Waals surface area contributed by atoms with E-state index in [-0.39, 0.29) is 24.4 Å². The molecule has 0 aliphatic carbocycles. The third kappa shape index (κ3) is 1.49. The Morgan fingerprint density at radius 2 is 2.25 bits per heavy atom. The van der Waals surface area contributed by atoms with E-state index < -0.39 is 0 Å². The van der Waals surface area contributed by atoms with E-state index in [4.69, 9.17) is 9.47 Å². The van der Waals surface area contributed by atoms with Crippen LogP contribution in [0.25, 0.3) is 0 Å². The van der Waals surface area contributed by atoms with Gasteiger partial charge in [-0.15, -0.1) is 0 Å². The molecule has 1 N–H and O–H groups in total. The Morgan fingerprint density at radius 1 is 1.42 bits per heavy atom. The van der Waals surface area contributed by atoms with Crippen LogP contribution in [-0.4, -0.2) is 36.1 Å². The first-order valence-electron chi connectivity index (χ1n) is 4.78. The molecule has 2 aliphatic heterocycles. The molecule has 0 aromatic heterocycles. The predicted molar refractivity (Wildman–Crippen MR) is 43.9 cm³/mol. The monoisotopic (exact) mass is 172 g/mol. The highest BCUT2D eigenvalue weighted by Gasteiger charge is 2.52. The molecular formula is C9H16O3. The maximum absolute atomic E-state index is 9.31. The van der Waals surface area contributed by atoms with Gasteiger partial charge in [-0.1, -0.05) is 19.8 Å². The van der Waals surface area contributed by atoms with Gasteiger partial charge in [0.25, 0.3) is 0 Å². The Kier molecular flexibility index (Phi) is 2.35. The third-order valence-corrected chi connectivity index (χ3v) is 2.63. The highest BCUT2D eigenvalue weighted by atomic mass is 16.6. The first-order valence-corrected chi connectivity index (χ1v) is 4.78. The first kappa shape index (κ1) is 8.48. The largest absolute Gasteiger partial charge is 0.388 e. The van der Waals surface area contributed by atoms with Gasteiger partial charge in [-0.2, -0.15) is 0 Å². The summed E-state index contributed by atoms with van der Waals surface area (Å²) in [5, 5.41) is 9.31. The number of fused-ring (bicyclic) bond motifs is 1. The average molecular weight is 172 g/mol. The van der Waals surface area contributed by atoms with E-state index >= 15 is 0 Å². The molecule has 0 unspecified atom stereocenters. The number of ether oxygens (including phenoxy) is 2. The normalized spacial score (nSPS) is 45.5. The summed E-state index contributed by atoms with van der Waals surface area (Å²) in [6, 6.07) is 0. The van der Waals surface area contributed by atoms with Crippen LogP contribution in [0.5, 0.6) is 0 Å². The molecule has 2 heterocycles. The van der Waals surface area contributed by atoms with Crippen LogP contribution in [0.3, 0.4) is 0 Å². The molecule has 3 heteroatoms. The highest BCUT2D eigenvalue weighted by Crippen LogP contribution is 2.36. The first-order chi connectivity index (χ1) is 5.83. The predicted octanol–water partition coefficient (Wildman–Crippen LogP) is 0.704. The van der Waals surface area contributed by atoms with Gasteiger partial charge in [0, 0.05) is 0 Å². The Balaban J connectivity index is 1.78. The van der Waals surface area contributed by atoms with Gasteiger partial charge in [0.1, 0.15) is 18.3 Å². The van der Waals surface area contributed by atoms with Crippen molar-refractivity contribution in [2.24, 2.45) is 0 Å². The average Bonchev–Trinajstić information content (AvgIpc) is 2.83. The van der Waals surface area contributed by atoms with E-state index in [2.05, 4.69) is 6.92 Å². The van der Waals surface area contributed by atoms with Crippen molar-refractivity contribution in [1.82, 2.24) is 0 Å². The van der Waals surface area contributed by atoms with Crippen molar-refractivity contribution in [3.05, 3.63) is 0 Å². The van der Waals surface area contributed by atoms with Crippen molar-refractivity contribution in [3.8, 4) is 0 Å². The number of rotatable bonds is 3. The van der Waals surface area contributed by atoms with E-state index in [9.17, 15) is 5.11 Å². The van der Waals surface area contributed by atoms with E-state index in [0.717, 1.165) is 6.42 Å². The van der Waals surface area contributed by atoms with Crippen molar-refractivity contribution < 1.29 is 14.6 Å². The van der Waals surface area contributed by atoms with E-state index in [0.29, 0.717) is 6.61 Å². The minimum Gasteiger partial charge on any atom is -0.388 e. The highest BCUT2D eigenvalue weighted by molar-refractivity contribution is 4.99. The number of epoxide rings is 1. The zero-order valence-electron chi connectivity index (χ0n) is 7.40. The van der Waals surface area contributed by atoms with E-state index in [1.54, 1.807) is 0 Å². The minimum absolute atomic E-state index is 0.0839. The second-order valence-corrected chi connectivity index (χ2v) is 3.65. The van der Waals surface area contributed by atoms with Crippen molar-refractivity contribution in [2.75, 3.05) is 6.61 Å². The zero-order valence-corrected chi connectivity index (χ0v) is 7.40. The lowest BCUT2D eigenvalue weighted by molar-refractivity contribution is -0.0389. The molecule has 2 rings (SSSR count). The van der Waals surface area contributed by atoms with Crippen molar-refractivity contribution in [3.63, 3.8) is 0 Å². The summed E-state index contributed by atoms with van der Waals surface area (Å²) in [7, 11) is 0. The maximum atomic E-state index is 9.31. The summed E-state index contributed by atoms with van der Waals surface area (Å²) in [4.78, 5) is 0. The van der Waals surface area contributed by atoms with Crippen molar-refractivity contribution >= 4 is 0 Å². The fourth-order valence-electron chi connectivity index (χ4n) is 1.81. The molecule has 4 atom stereocenters. The molecular weight excluding hydrogens is 156 g/mol. The lowest BCUT2D eigenvalue weighted by atomic mass is 10.0. The van der Waals surface area contributed by atoms with E-state index in [1.807, 2.05) is 0 Å². The molecule has 2 saturated heterocycles. The van der Waals surface area contributed by atoms with Gasteiger partial charge >= 0.3 is 0 Å². The molecule has 2 aliphatic rings. The van der Waals surface area contributed by atoms with Gasteiger partial charge in [-0.25, -0.2) is 0 Å². The summed E-state index contributed by atoms with van der Waals surface area (Å²) >= 11 is 0. The number of hydrogen-bond acceptors (Lipinski definition) is 3. The molecule has 3 nitrogen and oxygen atoms in total. The summed E-state index contributed by atoms with van der Waals surface area (Å²) in [5.74, 6) is 0. The lowest BCUT2D eigenvalue weighted by Crippen LogP contribution is -2.37. The summed E-state index contributed by atoms with van der Waals surface area (Å²) in [6.45, 7) is 2.62. The fraction of sp³-hybridized carbons (Fsp3) is 1.00. The van der Waals surface area contributed by atoms with Crippen LogP contribution >= 0.6 is 0 Å². The molecule has 0 saturated carbocycles. The van der Waals surface area contributed by atoms with Crippen LogP contribution < -0.4 is 0 Å². The van der Waals surface area contributed by atoms with Crippen LogP contribution in [0, 0.1) is 0 Å². The summed E-state index contributed by atoms with van der Waals surface area (Å²) in [6.07, 6.45) is 3.60. The molecule has 70 valence electrons. The second kappa shape index (κ2) is 3.32. The summed E-state index contributed by atoms with van der Waals surface area (Å²) < 4.78 is 10.8. The minimum atomic E-state index is -0.382. The molecule has 2 fully saturated rings.